The van der Waals surface area contributed by atoms with E-state index in [0.717, 1.165) is 32.1 Å². The summed E-state index contributed by atoms with van der Waals surface area (Å²) in [5, 5.41) is 3.54. The lowest BCUT2D eigenvalue weighted by Crippen LogP contribution is -2.22. The zero-order chi connectivity index (χ0) is 14.1. The highest BCUT2D eigenvalue weighted by Gasteiger charge is 2.04. The SMILES string of the molecule is CCC(CC)CNc1ccc(CN(CC)CC)cc1. The summed E-state index contributed by atoms with van der Waals surface area (Å²) < 4.78 is 0. The molecule has 0 saturated carbocycles. The van der Waals surface area contributed by atoms with Crippen molar-refractivity contribution in [2.24, 2.45) is 5.92 Å². The summed E-state index contributed by atoms with van der Waals surface area (Å²) >= 11 is 0. The fraction of sp³-hybridized carbons (Fsp3) is 0.647. The van der Waals surface area contributed by atoms with Gasteiger partial charge in [-0.25, -0.2) is 0 Å². The third-order valence-electron chi connectivity index (χ3n) is 4.00. The zero-order valence-electron chi connectivity index (χ0n) is 13.1. The van der Waals surface area contributed by atoms with Crippen LogP contribution in [-0.4, -0.2) is 24.5 Å². The summed E-state index contributed by atoms with van der Waals surface area (Å²) in [6.45, 7) is 13.3. The van der Waals surface area contributed by atoms with Crippen molar-refractivity contribution in [3.63, 3.8) is 0 Å². The summed E-state index contributed by atoms with van der Waals surface area (Å²) in [4.78, 5) is 2.44. The Morgan fingerprint density at radius 1 is 0.947 bits per heavy atom. The molecular formula is C17H30N2. The molecule has 0 heterocycles. The van der Waals surface area contributed by atoms with Crippen LogP contribution in [0.15, 0.2) is 24.3 Å². The number of hydrogen-bond acceptors (Lipinski definition) is 2. The largest absolute Gasteiger partial charge is 0.385 e. The van der Waals surface area contributed by atoms with Crippen LogP contribution in [-0.2, 0) is 6.54 Å². The van der Waals surface area contributed by atoms with E-state index in [1.807, 2.05) is 0 Å². The van der Waals surface area contributed by atoms with E-state index in [0.29, 0.717) is 0 Å². The number of benzene rings is 1. The molecule has 0 radical (unpaired) electrons. The van der Waals surface area contributed by atoms with Gasteiger partial charge in [-0.1, -0.05) is 52.7 Å². The van der Waals surface area contributed by atoms with Gasteiger partial charge in [-0.15, -0.1) is 0 Å². The monoisotopic (exact) mass is 262 g/mol. The second kappa shape index (κ2) is 8.98. The highest BCUT2D eigenvalue weighted by atomic mass is 15.1. The van der Waals surface area contributed by atoms with Crippen molar-refractivity contribution < 1.29 is 0 Å². The molecule has 0 unspecified atom stereocenters. The quantitative estimate of drug-likeness (QED) is 0.710. The number of rotatable bonds is 9. The molecule has 0 aromatic heterocycles. The molecule has 0 aliphatic rings. The molecule has 1 rings (SSSR count). The molecular weight excluding hydrogens is 232 g/mol. The van der Waals surface area contributed by atoms with Crippen LogP contribution in [0, 0.1) is 5.92 Å². The minimum absolute atomic E-state index is 0.787. The zero-order valence-corrected chi connectivity index (χ0v) is 13.1. The van der Waals surface area contributed by atoms with Crippen LogP contribution in [0.5, 0.6) is 0 Å². The molecule has 0 amide bonds. The van der Waals surface area contributed by atoms with Crippen molar-refractivity contribution in [2.75, 3.05) is 25.0 Å². The number of anilines is 1. The molecule has 0 saturated heterocycles. The molecule has 0 fully saturated rings. The molecule has 1 N–H and O–H groups in total. The molecule has 2 heteroatoms. The summed E-state index contributed by atoms with van der Waals surface area (Å²) in [6, 6.07) is 8.91. The van der Waals surface area contributed by atoms with Gasteiger partial charge in [0.25, 0.3) is 0 Å². The topological polar surface area (TPSA) is 15.3 Å². The maximum Gasteiger partial charge on any atom is 0.0340 e. The highest BCUT2D eigenvalue weighted by molar-refractivity contribution is 5.44. The van der Waals surface area contributed by atoms with E-state index in [1.54, 1.807) is 0 Å². The van der Waals surface area contributed by atoms with E-state index >= 15 is 0 Å². The lowest BCUT2D eigenvalue weighted by atomic mass is 10.0. The van der Waals surface area contributed by atoms with E-state index in [2.05, 4.69) is 62.2 Å². The van der Waals surface area contributed by atoms with Gasteiger partial charge >= 0.3 is 0 Å². The molecule has 0 aliphatic carbocycles. The summed E-state index contributed by atoms with van der Waals surface area (Å²) in [6.07, 6.45) is 2.51. The molecule has 0 spiro atoms. The van der Waals surface area contributed by atoms with Gasteiger partial charge in [0.05, 0.1) is 0 Å². The second-order valence-corrected chi connectivity index (χ2v) is 5.22. The maximum absolute atomic E-state index is 3.54. The number of nitrogens with zero attached hydrogens (tertiary/aromatic N) is 1. The Morgan fingerprint density at radius 3 is 2.00 bits per heavy atom. The first-order valence-electron chi connectivity index (χ1n) is 7.78. The van der Waals surface area contributed by atoms with Gasteiger partial charge in [0.15, 0.2) is 0 Å². The maximum atomic E-state index is 3.54. The first-order valence-corrected chi connectivity index (χ1v) is 7.78. The lowest BCUT2D eigenvalue weighted by Gasteiger charge is -2.18. The van der Waals surface area contributed by atoms with Gasteiger partial charge in [-0.05, 0) is 36.7 Å². The molecule has 0 atom stereocenters. The van der Waals surface area contributed by atoms with Crippen LogP contribution in [0.25, 0.3) is 0 Å². The Bertz CT molecular complexity index is 324. The van der Waals surface area contributed by atoms with Gasteiger partial charge < -0.3 is 5.32 Å². The van der Waals surface area contributed by atoms with Crippen LogP contribution in [0.4, 0.5) is 5.69 Å². The van der Waals surface area contributed by atoms with E-state index in [-0.39, 0.29) is 0 Å². The predicted molar refractivity (Wildman–Crippen MR) is 85.6 cm³/mol. The van der Waals surface area contributed by atoms with Gasteiger partial charge in [-0.2, -0.15) is 0 Å². The summed E-state index contributed by atoms with van der Waals surface area (Å²) in [7, 11) is 0. The van der Waals surface area contributed by atoms with E-state index < -0.39 is 0 Å². The standard InChI is InChI=1S/C17H30N2/c1-5-15(6-2)13-18-17-11-9-16(10-12-17)14-19(7-3)8-4/h9-12,15,18H,5-8,13-14H2,1-4H3. The average molecular weight is 262 g/mol. The Kier molecular flexibility index (Phi) is 7.57. The van der Waals surface area contributed by atoms with Crippen LogP contribution in [0.1, 0.15) is 46.1 Å². The first-order chi connectivity index (χ1) is 9.23. The second-order valence-electron chi connectivity index (χ2n) is 5.22. The Morgan fingerprint density at radius 2 is 1.53 bits per heavy atom. The third kappa shape index (κ3) is 5.65. The molecule has 1 aromatic carbocycles. The van der Waals surface area contributed by atoms with Gasteiger partial charge in [-0.3, -0.25) is 4.90 Å². The fourth-order valence-corrected chi connectivity index (χ4v) is 2.27. The number of hydrogen-bond donors (Lipinski definition) is 1. The lowest BCUT2D eigenvalue weighted by molar-refractivity contribution is 0.296. The first kappa shape index (κ1) is 16.0. The van der Waals surface area contributed by atoms with E-state index in [9.17, 15) is 0 Å². The molecule has 2 nitrogen and oxygen atoms in total. The molecule has 0 aliphatic heterocycles. The van der Waals surface area contributed by atoms with Crippen LogP contribution in [0.2, 0.25) is 0 Å². The van der Waals surface area contributed by atoms with Crippen LogP contribution >= 0.6 is 0 Å². The van der Waals surface area contributed by atoms with Crippen molar-refractivity contribution in [2.45, 2.75) is 47.1 Å². The normalized spacial score (nSPS) is 11.3. The van der Waals surface area contributed by atoms with Crippen molar-refractivity contribution in [1.29, 1.82) is 0 Å². The molecule has 1 aromatic rings. The predicted octanol–water partition coefficient (Wildman–Crippen LogP) is 4.38. The van der Waals surface area contributed by atoms with Crippen LogP contribution in [0.3, 0.4) is 0 Å². The van der Waals surface area contributed by atoms with Crippen molar-refractivity contribution in [3.05, 3.63) is 29.8 Å². The van der Waals surface area contributed by atoms with E-state index in [1.165, 1.54) is 24.1 Å². The van der Waals surface area contributed by atoms with Crippen molar-refractivity contribution >= 4 is 5.69 Å². The minimum Gasteiger partial charge on any atom is -0.385 e. The Balaban J connectivity index is 2.47. The Labute approximate surface area is 119 Å². The fourth-order valence-electron chi connectivity index (χ4n) is 2.27. The third-order valence-corrected chi connectivity index (χ3v) is 4.00. The Hall–Kier alpha value is -1.02. The highest BCUT2D eigenvalue weighted by Crippen LogP contribution is 2.14. The number of nitrogens with one attached hydrogen (secondary N) is 1. The molecule has 19 heavy (non-hydrogen) atoms. The van der Waals surface area contributed by atoms with Gasteiger partial charge in [0.1, 0.15) is 0 Å². The van der Waals surface area contributed by atoms with E-state index in [4.69, 9.17) is 0 Å². The van der Waals surface area contributed by atoms with Gasteiger partial charge in [0.2, 0.25) is 0 Å². The van der Waals surface area contributed by atoms with Crippen molar-refractivity contribution in [1.82, 2.24) is 4.90 Å². The molecule has 0 bridgehead atoms. The average Bonchev–Trinajstić information content (AvgIpc) is 2.47. The molecule has 108 valence electrons. The van der Waals surface area contributed by atoms with Crippen LogP contribution < -0.4 is 5.32 Å². The minimum atomic E-state index is 0.787. The summed E-state index contributed by atoms with van der Waals surface area (Å²) in [5.41, 5.74) is 2.65. The van der Waals surface area contributed by atoms with Gasteiger partial charge in [0, 0.05) is 18.8 Å². The smallest absolute Gasteiger partial charge is 0.0340 e. The van der Waals surface area contributed by atoms with Crippen molar-refractivity contribution in [3.8, 4) is 0 Å². The summed E-state index contributed by atoms with van der Waals surface area (Å²) in [5.74, 6) is 0.787.